The van der Waals surface area contributed by atoms with Crippen molar-refractivity contribution in [1.82, 2.24) is 0 Å². The molecule has 0 spiro atoms. The summed E-state index contributed by atoms with van der Waals surface area (Å²) in [6.45, 7) is 2.26. The molecule has 0 amide bonds. The van der Waals surface area contributed by atoms with E-state index in [4.69, 9.17) is 0 Å². The van der Waals surface area contributed by atoms with Crippen LogP contribution in [-0.2, 0) is 6.42 Å². The fraction of sp³-hybridized carbons (Fsp3) is 0.167. The lowest BCUT2D eigenvalue weighted by Crippen LogP contribution is -2.05. The lowest BCUT2D eigenvalue weighted by atomic mass is 9.85. The van der Waals surface area contributed by atoms with E-state index >= 15 is 0 Å². The van der Waals surface area contributed by atoms with Crippen LogP contribution in [0.25, 0.3) is 12.2 Å². The van der Waals surface area contributed by atoms with Gasteiger partial charge in [0.15, 0.2) is 0 Å². The Kier molecular flexibility index (Phi) is 3.46. The van der Waals surface area contributed by atoms with Crippen molar-refractivity contribution in [3.63, 3.8) is 0 Å². The van der Waals surface area contributed by atoms with Crippen LogP contribution in [0.4, 0.5) is 0 Å². The number of benzene rings is 2. The highest BCUT2D eigenvalue weighted by molar-refractivity contribution is 9.09. The van der Waals surface area contributed by atoms with Gasteiger partial charge in [0.05, 0.1) is 4.83 Å². The first-order chi connectivity index (χ1) is 12.2. The Bertz CT molecular complexity index is 1010. The summed E-state index contributed by atoms with van der Waals surface area (Å²) in [6, 6.07) is 17.5. The van der Waals surface area contributed by atoms with E-state index in [-0.39, 0.29) is 0 Å². The number of hydrogen-bond donors (Lipinski definition) is 0. The van der Waals surface area contributed by atoms with Crippen LogP contribution in [0.5, 0.6) is 0 Å². The van der Waals surface area contributed by atoms with Gasteiger partial charge < -0.3 is 0 Å². The van der Waals surface area contributed by atoms with Crippen molar-refractivity contribution in [3.8, 4) is 0 Å². The molecular weight excluding hydrogens is 368 g/mol. The summed E-state index contributed by atoms with van der Waals surface area (Å²) < 4.78 is 0. The number of hydrogen-bond acceptors (Lipinski definition) is 0. The minimum atomic E-state index is 0.297. The topological polar surface area (TPSA) is 0 Å². The van der Waals surface area contributed by atoms with Gasteiger partial charge in [-0.3, -0.25) is 0 Å². The Labute approximate surface area is 157 Å². The van der Waals surface area contributed by atoms with Crippen LogP contribution < -0.4 is 0 Å². The summed E-state index contributed by atoms with van der Waals surface area (Å²) in [6.07, 6.45) is 9.28. The zero-order chi connectivity index (χ0) is 17.0. The van der Waals surface area contributed by atoms with Gasteiger partial charge in [-0.25, -0.2) is 0 Å². The quantitative estimate of drug-likeness (QED) is 0.497. The van der Waals surface area contributed by atoms with Crippen molar-refractivity contribution < 1.29 is 0 Å². The first kappa shape index (κ1) is 15.2. The molecule has 0 aliphatic heterocycles. The highest BCUT2D eigenvalue weighted by Gasteiger charge is 2.30. The van der Waals surface area contributed by atoms with E-state index in [1.54, 1.807) is 0 Å². The first-order valence-electron chi connectivity index (χ1n) is 8.85. The van der Waals surface area contributed by atoms with Gasteiger partial charge >= 0.3 is 0 Å². The summed E-state index contributed by atoms with van der Waals surface area (Å²) in [4.78, 5) is 0.297. The zero-order valence-corrected chi connectivity index (χ0v) is 15.8. The number of fused-ring (bicyclic) bond motifs is 3. The molecular formula is C24H19Br. The van der Waals surface area contributed by atoms with Crippen LogP contribution >= 0.6 is 15.9 Å². The highest BCUT2D eigenvalue weighted by Crippen LogP contribution is 2.50. The normalized spacial score (nSPS) is 20.6. The van der Waals surface area contributed by atoms with Crippen LogP contribution in [0.2, 0.25) is 0 Å². The third-order valence-corrected chi connectivity index (χ3v) is 6.55. The third-order valence-electron chi connectivity index (χ3n) is 5.56. The van der Waals surface area contributed by atoms with Crippen molar-refractivity contribution in [2.45, 2.75) is 24.6 Å². The standard InChI is InChI=1S/C24H19Br/c1-15-10-23-22(14-19-8-4-5-9-20(19)24(23)25)21(15)13-16-11-17-6-2-3-7-18(17)12-16/h2-11,14,24H,12-13H2,1H3. The van der Waals surface area contributed by atoms with Crippen LogP contribution in [0, 0.1) is 0 Å². The van der Waals surface area contributed by atoms with E-state index in [9.17, 15) is 0 Å². The van der Waals surface area contributed by atoms with E-state index in [2.05, 4.69) is 89.6 Å². The molecule has 1 atom stereocenters. The van der Waals surface area contributed by atoms with E-state index < -0.39 is 0 Å². The maximum Gasteiger partial charge on any atom is 0.0656 e. The first-order valence-corrected chi connectivity index (χ1v) is 9.76. The summed E-state index contributed by atoms with van der Waals surface area (Å²) in [5, 5.41) is 0. The molecule has 0 bridgehead atoms. The molecule has 0 saturated heterocycles. The van der Waals surface area contributed by atoms with Crippen molar-refractivity contribution in [3.05, 3.63) is 105 Å². The molecule has 0 radical (unpaired) electrons. The zero-order valence-electron chi connectivity index (χ0n) is 14.2. The largest absolute Gasteiger partial charge is 0.0786 e. The van der Waals surface area contributed by atoms with E-state index in [1.807, 2.05) is 0 Å². The monoisotopic (exact) mass is 386 g/mol. The van der Waals surface area contributed by atoms with Gasteiger partial charge in [-0.05, 0) is 70.4 Å². The average Bonchev–Trinajstić information content (AvgIpc) is 3.17. The maximum atomic E-state index is 3.93. The number of allylic oxidation sites excluding steroid dienone is 6. The number of alkyl halides is 1. The Morgan fingerprint density at radius 2 is 1.68 bits per heavy atom. The third kappa shape index (κ3) is 2.41. The highest BCUT2D eigenvalue weighted by atomic mass is 79.9. The Morgan fingerprint density at radius 3 is 2.52 bits per heavy atom. The summed E-state index contributed by atoms with van der Waals surface area (Å²) >= 11 is 3.93. The van der Waals surface area contributed by atoms with Crippen LogP contribution in [-0.4, -0.2) is 0 Å². The molecule has 2 aromatic rings. The van der Waals surface area contributed by atoms with Gasteiger partial charge in [0.25, 0.3) is 0 Å². The van der Waals surface area contributed by atoms with Gasteiger partial charge in [-0.2, -0.15) is 0 Å². The Morgan fingerprint density at radius 1 is 0.920 bits per heavy atom. The minimum Gasteiger partial charge on any atom is -0.0786 e. The molecule has 0 heterocycles. The van der Waals surface area contributed by atoms with Gasteiger partial charge in [-0.15, -0.1) is 0 Å². The predicted octanol–water partition coefficient (Wildman–Crippen LogP) is 6.81. The second kappa shape index (κ2) is 5.71. The molecule has 0 fully saturated rings. The van der Waals surface area contributed by atoms with Gasteiger partial charge in [0, 0.05) is 0 Å². The summed E-state index contributed by atoms with van der Waals surface area (Å²) in [7, 11) is 0. The SMILES string of the molecule is CC1=C(CC2=Cc3ccccc3C2)C2=Cc3ccccc3C(Br)C2=C1. The molecule has 0 aromatic heterocycles. The van der Waals surface area contributed by atoms with Crippen molar-refractivity contribution >= 4 is 28.1 Å². The lowest BCUT2D eigenvalue weighted by Gasteiger charge is -2.24. The lowest BCUT2D eigenvalue weighted by molar-refractivity contribution is 1.04. The maximum absolute atomic E-state index is 3.93. The molecule has 122 valence electrons. The van der Waals surface area contributed by atoms with E-state index in [0.717, 1.165) is 12.8 Å². The van der Waals surface area contributed by atoms with Crippen molar-refractivity contribution in [2.75, 3.05) is 0 Å². The molecule has 1 unspecified atom stereocenters. The Hall–Kier alpha value is -2.12. The molecule has 0 N–H and O–H groups in total. The van der Waals surface area contributed by atoms with Crippen LogP contribution in [0.1, 0.15) is 40.4 Å². The van der Waals surface area contributed by atoms with Crippen molar-refractivity contribution in [2.24, 2.45) is 0 Å². The van der Waals surface area contributed by atoms with E-state index in [0.29, 0.717) is 4.83 Å². The molecule has 3 aliphatic carbocycles. The fourth-order valence-corrected chi connectivity index (χ4v) is 5.08. The number of rotatable bonds is 2. The summed E-state index contributed by atoms with van der Waals surface area (Å²) in [5.74, 6) is 0. The minimum absolute atomic E-state index is 0.297. The molecule has 5 rings (SSSR count). The van der Waals surface area contributed by atoms with Gasteiger partial charge in [0.2, 0.25) is 0 Å². The van der Waals surface area contributed by atoms with Gasteiger partial charge in [0.1, 0.15) is 0 Å². The molecule has 1 heteroatoms. The molecule has 3 aliphatic rings. The molecule has 0 nitrogen and oxygen atoms in total. The number of halogens is 1. The molecule has 2 aromatic carbocycles. The molecule has 25 heavy (non-hydrogen) atoms. The van der Waals surface area contributed by atoms with Crippen LogP contribution in [0.3, 0.4) is 0 Å². The smallest absolute Gasteiger partial charge is 0.0656 e. The second-order valence-corrected chi connectivity index (χ2v) is 8.08. The van der Waals surface area contributed by atoms with Gasteiger partial charge in [-0.1, -0.05) is 82.2 Å². The van der Waals surface area contributed by atoms with Crippen LogP contribution in [0.15, 0.2) is 82.5 Å². The Balaban J connectivity index is 1.50. The fourth-order valence-electron chi connectivity index (χ4n) is 4.29. The average molecular weight is 387 g/mol. The summed E-state index contributed by atoms with van der Waals surface area (Å²) in [5.41, 5.74) is 12.8. The molecule has 0 saturated carbocycles. The van der Waals surface area contributed by atoms with E-state index in [1.165, 1.54) is 50.1 Å². The predicted molar refractivity (Wildman–Crippen MR) is 110 cm³/mol. The second-order valence-electron chi connectivity index (χ2n) is 7.17. The van der Waals surface area contributed by atoms with Crippen molar-refractivity contribution in [1.29, 1.82) is 0 Å².